The van der Waals surface area contributed by atoms with E-state index in [1.54, 1.807) is 12.4 Å². The van der Waals surface area contributed by atoms with Crippen LogP contribution in [0.2, 0.25) is 5.02 Å². The van der Waals surface area contributed by atoms with E-state index in [-0.39, 0.29) is 11.9 Å². The van der Waals surface area contributed by atoms with E-state index in [4.69, 9.17) is 11.6 Å². The predicted molar refractivity (Wildman–Crippen MR) is 95.8 cm³/mol. The SMILES string of the molecule is O=C(Cc1ccccc1)N[C@@H](c1ccc(Cl)cc1)c1cccnc1. The second kappa shape index (κ2) is 7.75. The van der Waals surface area contributed by atoms with Gasteiger partial charge in [0.1, 0.15) is 0 Å². The van der Waals surface area contributed by atoms with Crippen LogP contribution < -0.4 is 5.32 Å². The van der Waals surface area contributed by atoms with Crippen molar-refractivity contribution in [1.29, 1.82) is 0 Å². The minimum Gasteiger partial charge on any atom is -0.345 e. The van der Waals surface area contributed by atoms with Crippen molar-refractivity contribution in [3.8, 4) is 0 Å². The molecule has 1 atom stereocenters. The maximum atomic E-state index is 12.5. The summed E-state index contributed by atoms with van der Waals surface area (Å²) in [4.78, 5) is 16.6. The van der Waals surface area contributed by atoms with Crippen LogP contribution in [-0.4, -0.2) is 10.9 Å². The van der Waals surface area contributed by atoms with E-state index in [2.05, 4.69) is 10.3 Å². The van der Waals surface area contributed by atoms with E-state index < -0.39 is 0 Å². The summed E-state index contributed by atoms with van der Waals surface area (Å²) in [6, 6.07) is 20.7. The molecule has 3 rings (SSSR count). The third-order valence-corrected chi connectivity index (χ3v) is 3.99. The number of rotatable bonds is 5. The largest absolute Gasteiger partial charge is 0.345 e. The van der Waals surface area contributed by atoms with Gasteiger partial charge in [0.25, 0.3) is 0 Å². The zero-order valence-electron chi connectivity index (χ0n) is 13.0. The number of benzene rings is 2. The Hall–Kier alpha value is -2.65. The highest BCUT2D eigenvalue weighted by Gasteiger charge is 2.17. The number of aromatic nitrogens is 1. The average molecular weight is 337 g/mol. The lowest BCUT2D eigenvalue weighted by molar-refractivity contribution is -0.120. The molecule has 0 unspecified atom stereocenters. The Morgan fingerprint density at radius 2 is 1.71 bits per heavy atom. The van der Waals surface area contributed by atoms with Crippen LogP contribution in [0.5, 0.6) is 0 Å². The molecule has 0 radical (unpaired) electrons. The van der Waals surface area contributed by atoms with Gasteiger partial charge in [-0.05, 0) is 34.9 Å². The van der Waals surface area contributed by atoms with Gasteiger partial charge in [0.05, 0.1) is 12.5 Å². The van der Waals surface area contributed by atoms with E-state index >= 15 is 0 Å². The zero-order chi connectivity index (χ0) is 16.8. The molecule has 0 fully saturated rings. The molecule has 3 nitrogen and oxygen atoms in total. The highest BCUT2D eigenvalue weighted by molar-refractivity contribution is 6.30. The molecule has 1 N–H and O–H groups in total. The molecule has 0 saturated heterocycles. The first-order valence-corrected chi connectivity index (χ1v) is 8.09. The Morgan fingerprint density at radius 3 is 2.38 bits per heavy atom. The summed E-state index contributed by atoms with van der Waals surface area (Å²) in [5.74, 6) is -0.0370. The van der Waals surface area contributed by atoms with Crippen molar-refractivity contribution < 1.29 is 4.79 Å². The van der Waals surface area contributed by atoms with Crippen molar-refractivity contribution in [3.63, 3.8) is 0 Å². The third-order valence-electron chi connectivity index (χ3n) is 3.73. The Balaban J connectivity index is 1.82. The highest BCUT2D eigenvalue weighted by atomic mass is 35.5. The molecule has 0 aliphatic heterocycles. The number of nitrogens with one attached hydrogen (secondary N) is 1. The molecule has 2 aromatic carbocycles. The third kappa shape index (κ3) is 4.21. The summed E-state index contributed by atoms with van der Waals surface area (Å²) >= 11 is 5.98. The summed E-state index contributed by atoms with van der Waals surface area (Å²) < 4.78 is 0. The Morgan fingerprint density at radius 1 is 0.958 bits per heavy atom. The Kier molecular flexibility index (Phi) is 5.24. The lowest BCUT2D eigenvalue weighted by Crippen LogP contribution is -2.30. The molecule has 4 heteroatoms. The fourth-order valence-electron chi connectivity index (χ4n) is 2.55. The monoisotopic (exact) mass is 336 g/mol. The van der Waals surface area contributed by atoms with Crippen LogP contribution in [0.3, 0.4) is 0 Å². The molecule has 3 aromatic rings. The van der Waals surface area contributed by atoms with Gasteiger partial charge in [-0.25, -0.2) is 0 Å². The highest BCUT2D eigenvalue weighted by Crippen LogP contribution is 2.23. The Bertz CT molecular complexity index is 789. The van der Waals surface area contributed by atoms with Gasteiger partial charge in [0, 0.05) is 17.4 Å². The van der Waals surface area contributed by atoms with Crippen LogP contribution in [0.15, 0.2) is 79.1 Å². The lowest BCUT2D eigenvalue weighted by Gasteiger charge is -2.19. The van der Waals surface area contributed by atoms with Gasteiger partial charge in [0.2, 0.25) is 5.91 Å². The van der Waals surface area contributed by atoms with Crippen molar-refractivity contribution in [3.05, 3.63) is 101 Å². The van der Waals surface area contributed by atoms with Crippen LogP contribution in [0.1, 0.15) is 22.7 Å². The minimum absolute atomic E-state index is 0.0370. The molecule has 0 saturated carbocycles. The van der Waals surface area contributed by atoms with Crippen LogP contribution in [0.4, 0.5) is 0 Å². The molecular weight excluding hydrogens is 320 g/mol. The normalized spacial score (nSPS) is 11.7. The number of pyridine rings is 1. The molecule has 0 bridgehead atoms. The van der Waals surface area contributed by atoms with Crippen molar-refractivity contribution in [2.45, 2.75) is 12.5 Å². The molecule has 24 heavy (non-hydrogen) atoms. The van der Waals surface area contributed by atoms with Gasteiger partial charge in [-0.2, -0.15) is 0 Å². The first kappa shape index (κ1) is 16.2. The van der Waals surface area contributed by atoms with Crippen molar-refractivity contribution in [2.24, 2.45) is 0 Å². The van der Waals surface area contributed by atoms with Gasteiger partial charge in [0.15, 0.2) is 0 Å². The van der Waals surface area contributed by atoms with Gasteiger partial charge in [-0.1, -0.05) is 60.1 Å². The quantitative estimate of drug-likeness (QED) is 0.759. The number of hydrogen-bond donors (Lipinski definition) is 1. The smallest absolute Gasteiger partial charge is 0.225 e. The van der Waals surface area contributed by atoms with Gasteiger partial charge in [-0.15, -0.1) is 0 Å². The second-order valence-electron chi connectivity index (χ2n) is 5.50. The molecule has 1 amide bonds. The number of amides is 1. The topological polar surface area (TPSA) is 42.0 Å². The van der Waals surface area contributed by atoms with Gasteiger partial charge in [-0.3, -0.25) is 9.78 Å². The second-order valence-corrected chi connectivity index (χ2v) is 5.94. The number of carbonyl (C=O) groups excluding carboxylic acids is 1. The zero-order valence-corrected chi connectivity index (χ0v) is 13.8. The standard InChI is InChI=1S/C20H17ClN2O/c21-18-10-8-16(9-11-18)20(17-7-4-12-22-14-17)23-19(24)13-15-5-2-1-3-6-15/h1-12,14,20H,13H2,(H,23,24)/t20-/m0/s1. The molecule has 0 spiro atoms. The molecular formula is C20H17ClN2O. The number of halogens is 1. The molecule has 0 aliphatic carbocycles. The number of hydrogen-bond acceptors (Lipinski definition) is 2. The fraction of sp³-hybridized carbons (Fsp3) is 0.100. The molecule has 120 valence electrons. The minimum atomic E-state index is -0.257. The van der Waals surface area contributed by atoms with Crippen molar-refractivity contribution in [2.75, 3.05) is 0 Å². The maximum absolute atomic E-state index is 12.5. The summed E-state index contributed by atoms with van der Waals surface area (Å²) in [7, 11) is 0. The van der Waals surface area contributed by atoms with E-state index in [1.807, 2.05) is 66.7 Å². The molecule has 0 aliphatic rings. The molecule has 1 aromatic heterocycles. The van der Waals surface area contributed by atoms with Gasteiger partial charge >= 0.3 is 0 Å². The summed E-state index contributed by atoms with van der Waals surface area (Å²) in [5.41, 5.74) is 2.88. The summed E-state index contributed by atoms with van der Waals surface area (Å²) in [6.45, 7) is 0. The fourth-order valence-corrected chi connectivity index (χ4v) is 2.68. The van der Waals surface area contributed by atoms with E-state index in [0.717, 1.165) is 16.7 Å². The summed E-state index contributed by atoms with van der Waals surface area (Å²) in [6.07, 6.45) is 3.82. The van der Waals surface area contributed by atoms with E-state index in [9.17, 15) is 4.79 Å². The maximum Gasteiger partial charge on any atom is 0.225 e. The van der Waals surface area contributed by atoms with Crippen LogP contribution in [-0.2, 0) is 11.2 Å². The van der Waals surface area contributed by atoms with Crippen LogP contribution >= 0.6 is 11.6 Å². The van der Waals surface area contributed by atoms with E-state index in [1.165, 1.54) is 0 Å². The lowest BCUT2D eigenvalue weighted by atomic mass is 9.99. The van der Waals surface area contributed by atoms with Crippen LogP contribution in [0.25, 0.3) is 0 Å². The predicted octanol–water partition coefficient (Wildman–Crippen LogP) is 4.18. The molecule has 1 heterocycles. The first-order chi connectivity index (χ1) is 11.7. The van der Waals surface area contributed by atoms with Gasteiger partial charge < -0.3 is 5.32 Å². The van der Waals surface area contributed by atoms with Crippen molar-refractivity contribution in [1.82, 2.24) is 10.3 Å². The number of nitrogens with zero attached hydrogens (tertiary/aromatic N) is 1. The first-order valence-electron chi connectivity index (χ1n) is 7.71. The summed E-state index contributed by atoms with van der Waals surface area (Å²) in [5, 5.41) is 3.76. The van der Waals surface area contributed by atoms with Crippen LogP contribution in [0, 0.1) is 0 Å². The van der Waals surface area contributed by atoms with E-state index in [0.29, 0.717) is 11.4 Å². The van der Waals surface area contributed by atoms with Crippen molar-refractivity contribution >= 4 is 17.5 Å². The Labute approximate surface area is 146 Å². The number of carbonyl (C=O) groups is 1. The average Bonchev–Trinajstić information content (AvgIpc) is 2.62.